The summed E-state index contributed by atoms with van der Waals surface area (Å²) in [4.78, 5) is 11.7. The molecule has 4 nitrogen and oxygen atoms in total. The second-order valence-electron chi connectivity index (χ2n) is 4.53. The Morgan fingerprint density at radius 1 is 1.29 bits per heavy atom. The molecule has 0 aromatic heterocycles. The van der Waals surface area contributed by atoms with E-state index in [0.717, 1.165) is 29.9 Å². The monoisotopic (exact) mass is 233 g/mol. The molecule has 1 fully saturated rings. The lowest BCUT2D eigenvalue weighted by Gasteiger charge is -2.24. The standard InChI is InChI=1S/C13H15NO3/c15-13(10-2-1-3-10)14-7-9-4-5-11-12(6-9)17-8-16-11/h4-6,10H,1-3,7-8H2,(H,14,15). The van der Waals surface area contributed by atoms with Crippen molar-refractivity contribution in [3.63, 3.8) is 0 Å². The Morgan fingerprint density at radius 2 is 2.12 bits per heavy atom. The van der Waals surface area contributed by atoms with E-state index in [0.29, 0.717) is 6.54 Å². The second kappa shape index (κ2) is 4.28. The fourth-order valence-electron chi connectivity index (χ4n) is 2.05. The zero-order chi connectivity index (χ0) is 11.7. The number of nitrogens with one attached hydrogen (secondary N) is 1. The number of hydrogen-bond donors (Lipinski definition) is 1. The molecule has 1 N–H and O–H groups in total. The Morgan fingerprint density at radius 3 is 2.88 bits per heavy atom. The number of hydrogen-bond acceptors (Lipinski definition) is 3. The predicted molar refractivity (Wildman–Crippen MR) is 61.8 cm³/mol. The van der Waals surface area contributed by atoms with Crippen molar-refractivity contribution in [3.05, 3.63) is 23.8 Å². The Labute approximate surface area is 99.9 Å². The van der Waals surface area contributed by atoms with Gasteiger partial charge in [0.2, 0.25) is 12.7 Å². The third-order valence-electron chi connectivity index (χ3n) is 3.38. The number of benzene rings is 1. The summed E-state index contributed by atoms with van der Waals surface area (Å²) in [6.07, 6.45) is 3.25. The smallest absolute Gasteiger partial charge is 0.231 e. The molecular formula is C13H15NO3. The van der Waals surface area contributed by atoms with Gasteiger partial charge in [-0.25, -0.2) is 0 Å². The molecule has 17 heavy (non-hydrogen) atoms. The van der Waals surface area contributed by atoms with Crippen LogP contribution in [0.25, 0.3) is 0 Å². The van der Waals surface area contributed by atoms with E-state index in [1.165, 1.54) is 6.42 Å². The van der Waals surface area contributed by atoms with E-state index >= 15 is 0 Å². The van der Waals surface area contributed by atoms with E-state index < -0.39 is 0 Å². The normalized spacial score (nSPS) is 17.6. The average molecular weight is 233 g/mol. The van der Waals surface area contributed by atoms with Gasteiger partial charge in [-0.1, -0.05) is 12.5 Å². The van der Waals surface area contributed by atoms with Crippen LogP contribution in [-0.2, 0) is 11.3 Å². The van der Waals surface area contributed by atoms with Crippen molar-refractivity contribution in [2.75, 3.05) is 6.79 Å². The first-order valence-corrected chi connectivity index (χ1v) is 5.99. The van der Waals surface area contributed by atoms with Crippen molar-refractivity contribution in [2.45, 2.75) is 25.8 Å². The van der Waals surface area contributed by atoms with Gasteiger partial charge in [-0.2, -0.15) is 0 Å². The number of fused-ring (bicyclic) bond motifs is 1. The Bertz CT molecular complexity index is 440. The van der Waals surface area contributed by atoms with Crippen molar-refractivity contribution < 1.29 is 14.3 Å². The summed E-state index contributed by atoms with van der Waals surface area (Å²) in [6.45, 7) is 0.846. The van der Waals surface area contributed by atoms with E-state index in [-0.39, 0.29) is 18.6 Å². The van der Waals surface area contributed by atoms with Crippen LogP contribution in [0.5, 0.6) is 11.5 Å². The van der Waals surface area contributed by atoms with Crippen molar-refractivity contribution in [3.8, 4) is 11.5 Å². The minimum absolute atomic E-state index is 0.175. The maximum Gasteiger partial charge on any atom is 0.231 e. The summed E-state index contributed by atoms with van der Waals surface area (Å²) in [7, 11) is 0. The van der Waals surface area contributed by atoms with Crippen LogP contribution in [0.2, 0.25) is 0 Å². The first-order valence-electron chi connectivity index (χ1n) is 5.99. The van der Waals surface area contributed by atoms with Gasteiger partial charge in [0.1, 0.15) is 0 Å². The Balaban J connectivity index is 1.59. The SMILES string of the molecule is O=C(NCc1ccc2c(c1)OCO2)C1CCC1. The highest BCUT2D eigenvalue weighted by molar-refractivity contribution is 5.79. The van der Waals surface area contributed by atoms with Gasteiger partial charge in [-0.15, -0.1) is 0 Å². The summed E-state index contributed by atoms with van der Waals surface area (Å²) >= 11 is 0. The molecule has 0 saturated heterocycles. The molecule has 90 valence electrons. The topological polar surface area (TPSA) is 47.6 Å². The van der Waals surface area contributed by atoms with Gasteiger partial charge in [0, 0.05) is 12.5 Å². The van der Waals surface area contributed by atoms with E-state index in [1.807, 2.05) is 18.2 Å². The van der Waals surface area contributed by atoms with E-state index in [9.17, 15) is 4.79 Å². The van der Waals surface area contributed by atoms with Crippen LogP contribution < -0.4 is 14.8 Å². The molecule has 1 aromatic carbocycles. The summed E-state index contributed by atoms with van der Waals surface area (Å²) < 4.78 is 10.5. The molecule has 0 bridgehead atoms. The molecule has 2 aliphatic rings. The van der Waals surface area contributed by atoms with Crippen molar-refractivity contribution >= 4 is 5.91 Å². The number of rotatable bonds is 3. The molecular weight excluding hydrogens is 218 g/mol. The zero-order valence-electron chi connectivity index (χ0n) is 9.57. The molecule has 1 amide bonds. The summed E-state index contributed by atoms with van der Waals surface area (Å²) in [5, 5.41) is 2.96. The Kier molecular flexibility index (Phi) is 2.63. The van der Waals surface area contributed by atoms with Crippen molar-refractivity contribution in [1.82, 2.24) is 5.32 Å². The highest BCUT2D eigenvalue weighted by Crippen LogP contribution is 2.32. The molecule has 1 saturated carbocycles. The van der Waals surface area contributed by atoms with Crippen molar-refractivity contribution in [1.29, 1.82) is 0 Å². The molecule has 0 unspecified atom stereocenters. The van der Waals surface area contributed by atoms with Crippen LogP contribution in [0.1, 0.15) is 24.8 Å². The molecule has 1 aromatic rings. The summed E-state index contributed by atoms with van der Waals surface area (Å²) in [5.74, 6) is 1.96. The summed E-state index contributed by atoms with van der Waals surface area (Å²) in [5.41, 5.74) is 1.04. The lowest BCUT2D eigenvalue weighted by atomic mass is 9.85. The van der Waals surface area contributed by atoms with Gasteiger partial charge in [0.25, 0.3) is 0 Å². The van der Waals surface area contributed by atoms with Crippen LogP contribution in [0.15, 0.2) is 18.2 Å². The first kappa shape index (κ1) is 10.4. The fraction of sp³-hybridized carbons (Fsp3) is 0.462. The van der Waals surface area contributed by atoms with Gasteiger partial charge in [-0.05, 0) is 30.5 Å². The van der Waals surface area contributed by atoms with E-state index in [4.69, 9.17) is 9.47 Å². The minimum atomic E-state index is 0.175. The van der Waals surface area contributed by atoms with E-state index in [2.05, 4.69) is 5.32 Å². The molecule has 3 rings (SSSR count). The third kappa shape index (κ3) is 2.07. The van der Waals surface area contributed by atoms with Crippen molar-refractivity contribution in [2.24, 2.45) is 5.92 Å². The zero-order valence-corrected chi connectivity index (χ0v) is 9.57. The maximum absolute atomic E-state index is 11.7. The predicted octanol–water partition coefficient (Wildman–Crippen LogP) is 1.83. The molecule has 1 aliphatic carbocycles. The van der Waals surface area contributed by atoms with Gasteiger partial charge in [-0.3, -0.25) is 4.79 Å². The number of amides is 1. The van der Waals surface area contributed by atoms with Crippen LogP contribution >= 0.6 is 0 Å². The van der Waals surface area contributed by atoms with Gasteiger partial charge >= 0.3 is 0 Å². The number of carbonyl (C=O) groups excluding carboxylic acids is 1. The minimum Gasteiger partial charge on any atom is -0.454 e. The van der Waals surface area contributed by atoms with E-state index in [1.54, 1.807) is 0 Å². The average Bonchev–Trinajstić information content (AvgIpc) is 2.71. The summed E-state index contributed by atoms with van der Waals surface area (Å²) in [6, 6.07) is 5.76. The highest BCUT2D eigenvalue weighted by Gasteiger charge is 2.24. The molecule has 0 radical (unpaired) electrons. The molecule has 0 atom stereocenters. The molecule has 0 spiro atoms. The molecule has 1 aliphatic heterocycles. The fourth-order valence-corrected chi connectivity index (χ4v) is 2.05. The van der Waals surface area contributed by atoms with Crippen LogP contribution in [0, 0.1) is 5.92 Å². The van der Waals surface area contributed by atoms with Crippen LogP contribution in [-0.4, -0.2) is 12.7 Å². The number of carbonyl (C=O) groups is 1. The first-order chi connectivity index (χ1) is 8.33. The maximum atomic E-state index is 11.7. The second-order valence-corrected chi connectivity index (χ2v) is 4.53. The van der Waals surface area contributed by atoms with Gasteiger partial charge < -0.3 is 14.8 Å². The van der Waals surface area contributed by atoms with Crippen LogP contribution in [0.4, 0.5) is 0 Å². The van der Waals surface area contributed by atoms with Gasteiger partial charge in [0.05, 0.1) is 0 Å². The molecule has 1 heterocycles. The third-order valence-corrected chi connectivity index (χ3v) is 3.38. The molecule has 4 heteroatoms. The Hall–Kier alpha value is -1.71. The quantitative estimate of drug-likeness (QED) is 0.866. The lowest BCUT2D eigenvalue weighted by molar-refractivity contribution is -0.127. The highest BCUT2D eigenvalue weighted by atomic mass is 16.7. The van der Waals surface area contributed by atoms with Gasteiger partial charge in [0.15, 0.2) is 11.5 Å². The van der Waals surface area contributed by atoms with Crippen LogP contribution in [0.3, 0.4) is 0 Å². The lowest BCUT2D eigenvalue weighted by Crippen LogP contribution is -2.33. The largest absolute Gasteiger partial charge is 0.454 e. The number of ether oxygens (including phenoxy) is 2.